The second-order valence-corrected chi connectivity index (χ2v) is 4.94. The second-order valence-electron chi connectivity index (χ2n) is 4.94. The fourth-order valence-electron chi connectivity index (χ4n) is 2.01. The van der Waals surface area contributed by atoms with Crippen LogP contribution in [0.2, 0.25) is 0 Å². The predicted molar refractivity (Wildman–Crippen MR) is 81.7 cm³/mol. The van der Waals surface area contributed by atoms with Gasteiger partial charge in [0.1, 0.15) is 5.82 Å². The number of rotatable bonds is 5. The lowest BCUT2D eigenvalue weighted by atomic mass is 10.1. The Balaban J connectivity index is 1.85. The summed E-state index contributed by atoms with van der Waals surface area (Å²) in [6.07, 6.45) is 3.97. The molecule has 0 aliphatic heterocycles. The highest BCUT2D eigenvalue weighted by molar-refractivity contribution is 5.89. The minimum Gasteiger partial charge on any atom is -0.311 e. The smallest absolute Gasteiger partial charge is 0.225 e. The molecular weight excluding hydrogens is 248 g/mol. The van der Waals surface area contributed by atoms with Crippen molar-refractivity contribution in [1.82, 2.24) is 4.98 Å². The molecule has 2 rings (SSSR count). The Morgan fingerprint density at radius 2 is 1.85 bits per heavy atom. The van der Waals surface area contributed by atoms with E-state index < -0.39 is 0 Å². The zero-order valence-electron chi connectivity index (χ0n) is 12.0. The summed E-state index contributed by atoms with van der Waals surface area (Å²) in [6, 6.07) is 12.2. The fraction of sp³-hybridized carbons (Fsp3) is 0.294. The molecule has 0 aliphatic carbocycles. The number of pyridine rings is 1. The highest BCUT2D eigenvalue weighted by Crippen LogP contribution is 2.09. The molecule has 0 spiro atoms. The summed E-state index contributed by atoms with van der Waals surface area (Å²) in [4.78, 5) is 16.0. The van der Waals surface area contributed by atoms with Crippen molar-refractivity contribution in [2.75, 3.05) is 5.32 Å². The Morgan fingerprint density at radius 3 is 2.50 bits per heavy atom. The molecule has 104 valence electrons. The minimum atomic E-state index is 0.00247. The number of hydrogen-bond donors (Lipinski definition) is 1. The van der Waals surface area contributed by atoms with Crippen LogP contribution in [0.3, 0.4) is 0 Å². The number of nitrogens with zero attached hydrogens (tertiary/aromatic N) is 1. The highest BCUT2D eigenvalue weighted by Gasteiger charge is 2.04. The van der Waals surface area contributed by atoms with Gasteiger partial charge >= 0.3 is 0 Å². The van der Waals surface area contributed by atoms with Gasteiger partial charge in [0.2, 0.25) is 5.91 Å². The molecule has 0 bridgehead atoms. The van der Waals surface area contributed by atoms with Gasteiger partial charge in [0.25, 0.3) is 0 Å². The summed E-state index contributed by atoms with van der Waals surface area (Å²) in [6.45, 7) is 4.12. The molecule has 1 N–H and O–H groups in total. The Kier molecular flexibility index (Phi) is 4.88. The van der Waals surface area contributed by atoms with Crippen molar-refractivity contribution in [3.8, 4) is 0 Å². The van der Waals surface area contributed by atoms with Crippen LogP contribution in [-0.2, 0) is 17.6 Å². The average molecular weight is 268 g/mol. The second kappa shape index (κ2) is 6.85. The maximum Gasteiger partial charge on any atom is 0.225 e. The first-order valence-electron chi connectivity index (χ1n) is 6.97. The Labute approximate surface area is 120 Å². The molecule has 1 heterocycles. The molecule has 3 nitrogen and oxygen atoms in total. The SMILES string of the molecule is CCc1ccc(CCC(=O)Nc2cc(C)ccn2)cc1. The molecule has 2 aromatic rings. The van der Waals surface area contributed by atoms with Crippen LogP contribution in [-0.4, -0.2) is 10.9 Å². The maximum atomic E-state index is 11.9. The Bertz CT molecular complexity index is 576. The van der Waals surface area contributed by atoms with Gasteiger partial charge < -0.3 is 5.32 Å². The van der Waals surface area contributed by atoms with E-state index in [4.69, 9.17) is 0 Å². The molecule has 1 amide bonds. The quantitative estimate of drug-likeness (QED) is 0.901. The van der Waals surface area contributed by atoms with Crippen molar-refractivity contribution in [2.24, 2.45) is 0 Å². The van der Waals surface area contributed by atoms with E-state index in [1.165, 1.54) is 11.1 Å². The highest BCUT2D eigenvalue weighted by atomic mass is 16.1. The Morgan fingerprint density at radius 1 is 1.15 bits per heavy atom. The topological polar surface area (TPSA) is 42.0 Å². The van der Waals surface area contributed by atoms with Gasteiger partial charge in [0.05, 0.1) is 0 Å². The molecule has 20 heavy (non-hydrogen) atoms. The molecule has 0 atom stereocenters. The fourth-order valence-corrected chi connectivity index (χ4v) is 2.01. The van der Waals surface area contributed by atoms with Crippen molar-refractivity contribution >= 4 is 11.7 Å². The van der Waals surface area contributed by atoms with Gasteiger partial charge in [-0.2, -0.15) is 0 Å². The number of amides is 1. The van der Waals surface area contributed by atoms with Crippen LogP contribution in [0.25, 0.3) is 0 Å². The number of carbonyl (C=O) groups excluding carboxylic acids is 1. The zero-order valence-corrected chi connectivity index (χ0v) is 12.0. The molecule has 0 saturated carbocycles. The van der Waals surface area contributed by atoms with E-state index in [9.17, 15) is 4.79 Å². The van der Waals surface area contributed by atoms with Crippen molar-refractivity contribution in [3.05, 3.63) is 59.3 Å². The van der Waals surface area contributed by atoms with Crippen LogP contribution < -0.4 is 5.32 Å². The van der Waals surface area contributed by atoms with Gasteiger partial charge in [-0.05, 0) is 48.6 Å². The maximum absolute atomic E-state index is 11.9. The van der Waals surface area contributed by atoms with Crippen molar-refractivity contribution in [3.63, 3.8) is 0 Å². The molecular formula is C17H20N2O. The first-order valence-corrected chi connectivity index (χ1v) is 6.97. The predicted octanol–water partition coefficient (Wildman–Crippen LogP) is 3.52. The summed E-state index contributed by atoms with van der Waals surface area (Å²) in [7, 11) is 0. The van der Waals surface area contributed by atoms with Crippen LogP contribution in [0.4, 0.5) is 5.82 Å². The summed E-state index contributed by atoms with van der Waals surface area (Å²) >= 11 is 0. The standard InChI is InChI=1S/C17H20N2O/c1-3-14-4-6-15(7-5-14)8-9-17(20)19-16-12-13(2)10-11-18-16/h4-7,10-12H,3,8-9H2,1-2H3,(H,18,19,20). The summed E-state index contributed by atoms with van der Waals surface area (Å²) in [5.41, 5.74) is 3.60. The molecule has 3 heteroatoms. The van der Waals surface area contributed by atoms with Crippen molar-refractivity contribution in [2.45, 2.75) is 33.1 Å². The van der Waals surface area contributed by atoms with Crippen LogP contribution in [0.1, 0.15) is 30.0 Å². The molecule has 0 fully saturated rings. The number of carbonyl (C=O) groups is 1. The van der Waals surface area contributed by atoms with E-state index in [2.05, 4.69) is 41.5 Å². The number of hydrogen-bond acceptors (Lipinski definition) is 2. The first-order chi connectivity index (χ1) is 9.67. The zero-order chi connectivity index (χ0) is 14.4. The van der Waals surface area contributed by atoms with Crippen LogP contribution in [0.5, 0.6) is 0 Å². The molecule has 1 aromatic heterocycles. The molecule has 0 unspecified atom stereocenters. The normalized spacial score (nSPS) is 10.3. The lowest BCUT2D eigenvalue weighted by molar-refractivity contribution is -0.116. The first kappa shape index (κ1) is 14.3. The molecule has 0 aliphatic rings. The van der Waals surface area contributed by atoms with Gasteiger partial charge in [0.15, 0.2) is 0 Å². The number of nitrogens with one attached hydrogen (secondary N) is 1. The van der Waals surface area contributed by atoms with Crippen LogP contribution >= 0.6 is 0 Å². The summed E-state index contributed by atoms with van der Waals surface area (Å²) in [5.74, 6) is 0.624. The number of anilines is 1. The lowest BCUT2D eigenvalue weighted by Crippen LogP contribution is -2.13. The van der Waals surface area contributed by atoms with E-state index in [0.29, 0.717) is 12.2 Å². The van der Waals surface area contributed by atoms with E-state index in [1.807, 2.05) is 19.1 Å². The van der Waals surface area contributed by atoms with Crippen LogP contribution in [0, 0.1) is 6.92 Å². The third-order valence-corrected chi connectivity index (χ3v) is 3.25. The van der Waals surface area contributed by atoms with Gasteiger partial charge in [-0.25, -0.2) is 4.98 Å². The van der Waals surface area contributed by atoms with Gasteiger partial charge in [-0.3, -0.25) is 4.79 Å². The van der Waals surface area contributed by atoms with Gasteiger partial charge in [-0.1, -0.05) is 31.2 Å². The monoisotopic (exact) mass is 268 g/mol. The van der Waals surface area contributed by atoms with E-state index in [0.717, 1.165) is 18.4 Å². The molecule has 0 saturated heterocycles. The lowest BCUT2D eigenvalue weighted by Gasteiger charge is -2.05. The number of benzene rings is 1. The van der Waals surface area contributed by atoms with Crippen molar-refractivity contribution < 1.29 is 4.79 Å². The van der Waals surface area contributed by atoms with Gasteiger partial charge in [-0.15, -0.1) is 0 Å². The summed E-state index contributed by atoms with van der Waals surface area (Å²) < 4.78 is 0. The molecule has 0 radical (unpaired) electrons. The van der Waals surface area contributed by atoms with Gasteiger partial charge in [0, 0.05) is 12.6 Å². The average Bonchev–Trinajstić information content (AvgIpc) is 2.46. The van der Waals surface area contributed by atoms with Crippen molar-refractivity contribution in [1.29, 1.82) is 0 Å². The summed E-state index contributed by atoms with van der Waals surface area (Å²) in [5, 5.41) is 2.83. The number of aryl methyl sites for hydroxylation is 3. The minimum absolute atomic E-state index is 0.00247. The number of aromatic nitrogens is 1. The Hall–Kier alpha value is -2.16. The van der Waals surface area contributed by atoms with E-state index in [1.54, 1.807) is 6.20 Å². The third-order valence-electron chi connectivity index (χ3n) is 3.25. The third kappa shape index (κ3) is 4.19. The van der Waals surface area contributed by atoms with E-state index in [-0.39, 0.29) is 5.91 Å². The van der Waals surface area contributed by atoms with E-state index >= 15 is 0 Å². The van der Waals surface area contributed by atoms with Crippen LogP contribution in [0.15, 0.2) is 42.6 Å². The molecule has 1 aromatic carbocycles. The largest absolute Gasteiger partial charge is 0.311 e.